The molecule has 24 heavy (non-hydrogen) atoms. The second kappa shape index (κ2) is 6.55. The van der Waals surface area contributed by atoms with Crippen LogP contribution in [-0.2, 0) is 4.79 Å². The van der Waals surface area contributed by atoms with Gasteiger partial charge in [-0.2, -0.15) is 0 Å². The first-order valence-electron chi connectivity index (χ1n) is 8.83. The smallest absolute Gasteiger partial charge is 0.313 e. The molecule has 1 spiro atoms. The fraction of sp³-hybridized carbons (Fsp3) is 0.579. The topological polar surface area (TPSA) is 60.9 Å². The predicted molar refractivity (Wildman–Crippen MR) is 92.2 cm³/mol. The van der Waals surface area contributed by atoms with Crippen LogP contribution in [0.2, 0.25) is 0 Å². The molecule has 1 unspecified atom stereocenters. The van der Waals surface area contributed by atoms with E-state index in [2.05, 4.69) is 18.9 Å². The maximum Gasteiger partial charge on any atom is 0.313 e. The van der Waals surface area contributed by atoms with Gasteiger partial charge >= 0.3 is 5.97 Å². The highest BCUT2D eigenvalue weighted by Gasteiger charge is 2.55. The number of fused-ring (bicyclic) bond motifs is 1. The molecule has 1 atom stereocenters. The highest BCUT2D eigenvalue weighted by molar-refractivity contribution is 6.01. The van der Waals surface area contributed by atoms with Gasteiger partial charge in [0, 0.05) is 25.2 Å². The quantitative estimate of drug-likeness (QED) is 0.922. The van der Waals surface area contributed by atoms with Crippen LogP contribution in [0.15, 0.2) is 24.3 Å². The van der Waals surface area contributed by atoms with Crippen LogP contribution in [0.1, 0.15) is 54.4 Å². The zero-order chi connectivity index (χ0) is 17.3. The zero-order valence-corrected chi connectivity index (χ0v) is 14.5. The lowest BCUT2D eigenvalue weighted by Gasteiger charge is -2.54. The van der Waals surface area contributed by atoms with Gasteiger partial charge in [0.1, 0.15) is 5.92 Å². The third kappa shape index (κ3) is 2.61. The number of nitrogens with zero attached hydrogens (tertiary/aromatic N) is 2. The Kier molecular flexibility index (Phi) is 4.63. The maximum absolute atomic E-state index is 13.2. The minimum atomic E-state index is -0.819. The Bertz CT molecular complexity index is 635. The van der Waals surface area contributed by atoms with Crippen LogP contribution in [-0.4, -0.2) is 59.0 Å². The van der Waals surface area contributed by atoms with Gasteiger partial charge in [0.2, 0.25) is 0 Å². The monoisotopic (exact) mass is 330 g/mol. The van der Waals surface area contributed by atoms with Crippen molar-refractivity contribution in [2.45, 2.75) is 44.1 Å². The van der Waals surface area contributed by atoms with Crippen molar-refractivity contribution in [2.75, 3.05) is 26.7 Å². The van der Waals surface area contributed by atoms with E-state index in [1.165, 1.54) is 0 Å². The van der Waals surface area contributed by atoms with Gasteiger partial charge in [0.15, 0.2) is 0 Å². The molecule has 3 rings (SSSR count). The second-order valence-corrected chi connectivity index (χ2v) is 7.08. The number of piperidine rings is 1. The highest BCUT2D eigenvalue weighted by Crippen LogP contribution is 2.47. The number of unbranched alkanes of at least 4 members (excludes halogenated alkanes) is 1. The molecule has 1 aromatic carbocycles. The fourth-order valence-electron chi connectivity index (χ4n) is 4.30. The molecule has 1 aromatic rings. The van der Waals surface area contributed by atoms with E-state index < -0.39 is 17.4 Å². The molecule has 0 bridgehead atoms. The minimum absolute atomic E-state index is 0.00102. The summed E-state index contributed by atoms with van der Waals surface area (Å²) in [4.78, 5) is 29.5. The third-order valence-electron chi connectivity index (χ3n) is 5.66. The number of hydrogen-bond donors (Lipinski definition) is 1. The summed E-state index contributed by atoms with van der Waals surface area (Å²) in [6.45, 7) is 4.37. The van der Waals surface area contributed by atoms with E-state index in [-0.39, 0.29) is 5.91 Å². The molecule has 2 heterocycles. The van der Waals surface area contributed by atoms with E-state index in [0.717, 1.165) is 25.9 Å². The van der Waals surface area contributed by atoms with Crippen LogP contribution in [0, 0.1) is 0 Å². The van der Waals surface area contributed by atoms with Crippen molar-refractivity contribution in [3.05, 3.63) is 35.4 Å². The Morgan fingerprint density at radius 1 is 1.29 bits per heavy atom. The summed E-state index contributed by atoms with van der Waals surface area (Å²) in [5, 5.41) is 10.0. The third-order valence-corrected chi connectivity index (χ3v) is 5.66. The highest BCUT2D eigenvalue weighted by atomic mass is 16.4. The summed E-state index contributed by atoms with van der Waals surface area (Å²) >= 11 is 0. The Hall–Kier alpha value is -1.88. The van der Waals surface area contributed by atoms with E-state index in [9.17, 15) is 14.7 Å². The molecule has 1 N–H and O–H groups in total. The Morgan fingerprint density at radius 3 is 2.58 bits per heavy atom. The van der Waals surface area contributed by atoms with Crippen LogP contribution in [0.25, 0.3) is 0 Å². The Balaban J connectivity index is 2.13. The van der Waals surface area contributed by atoms with E-state index in [1.807, 2.05) is 23.1 Å². The summed E-state index contributed by atoms with van der Waals surface area (Å²) in [6.07, 6.45) is 3.31. The van der Waals surface area contributed by atoms with Gasteiger partial charge in [-0.3, -0.25) is 9.59 Å². The first kappa shape index (κ1) is 17.0. The van der Waals surface area contributed by atoms with E-state index in [4.69, 9.17) is 0 Å². The van der Waals surface area contributed by atoms with Gasteiger partial charge in [0.05, 0.1) is 5.54 Å². The van der Waals surface area contributed by atoms with Crippen LogP contribution in [0.5, 0.6) is 0 Å². The average Bonchev–Trinajstić information content (AvgIpc) is 2.57. The molecule has 2 aliphatic rings. The first-order valence-corrected chi connectivity index (χ1v) is 8.83. The summed E-state index contributed by atoms with van der Waals surface area (Å²) in [5.41, 5.74) is 0.650. The van der Waals surface area contributed by atoms with Crippen molar-refractivity contribution in [1.82, 2.24) is 9.80 Å². The van der Waals surface area contributed by atoms with Crippen molar-refractivity contribution < 1.29 is 14.7 Å². The lowest BCUT2D eigenvalue weighted by atomic mass is 9.67. The molecule has 1 fully saturated rings. The number of carbonyl (C=O) groups excluding carboxylic acids is 1. The molecule has 0 saturated carbocycles. The summed E-state index contributed by atoms with van der Waals surface area (Å²) < 4.78 is 0. The Labute approximate surface area is 143 Å². The molecule has 2 aliphatic heterocycles. The van der Waals surface area contributed by atoms with Crippen molar-refractivity contribution in [3.8, 4) is 0 Å². The largest absolute Gasteiger partial charge is 0.481 e. The number of amides is 1. The molecule has 130 valence electrons. The van der Waals surface area contributed by atoms with Crippen LogP contribution < -0.4 is 0 Å². The molecule has 1 amide bonds. The second-order valence-electron chi connectivity index (χ2n) is 7.08. The Morgan fingerprint density at radius 2 is 1.96 bits per heavy atom. The number of rotatable bonds is 4. The summed E-state index contributed by atoms with van der Waals surface area (Å²) in [7, 11) is 2.05. The minimum Gasteiger partial charge on any atom is -0.481 e. The van der Waals surface area contributed by atoms with Crippen LogP contribution in [0.4, 0.5) is 0 Å². The van der Waals surface area contributed by atoms with E-state index in [0.29, 0.717) is 30.5 Å². The van der Waals surface area contributed by atoms with Gasteiger partial charge in [-0.05, 0) is 37.9 Å². The van der Waals surface area contributed by atoms with Gasteiger partial charge in [-0.15, -0.1) is 0 Å². The van der Waals surface area contributed by atoms with Gasteiger partial charge in [0.25, 0.3) is 5.91 Å². The standard InChI is InChI=1S/C19H26N2O3/c1-3-4-11-21-17(22)15-8-6-5-7-14(15)16(18(23)24)19(21)9-12-20(2)13-10-19/h5-8,16H,3-4,9-13H2,1-2H3,(H,23,24). The molecule has 0 aliphatic carbocycles. The van der Waals surface area contributed by atoms with Crippen molar-refractivity contribution in [3.63, 3.8) is 0 Å². The molecule has 5 heteroatoms. The number of likely N-dealkylation sites (tertiary alicyclic amines) is 1. The van der Waals surface area contributed by atoms with Crippen LogP contribution in [0.3, 0.4) is 0 Å². The number of carboxylic acid groups (broad SMARTS) is 1. The lowest BCUT2D eigenvalue weighted by molar-refractivity contribution is -0.144. The molecule has 5 nitrogen and oxygen atoms in total. The molecule has 0 aromatic heterocycles. The summed E-state index contributed by atoms with van der Waals surface area (Å²) in [6, 6.07) is 7.25. The molecule has 1 saturated heterocycles. The maximum atomic E-state index is 13.2. The van der Waals surface area contributed by atoms with E-state index in [1.54, 1.807) is 6.07 Å². The van der Waals surface area contributed by atoms with Crippen molar-refractivity contribution in [1.29, 1.82) is 0 Å². The zero-order valence-electron chi connectivity index (χ0n) is 14.5. The summed E-state index contributed by atoms with van der Waals surface area (Å²) in [5.74, 6) is -1.46. The number of carboxylic acids is 1. The fourth-order valence-corrected chi connectivity index (χ4v) is 4.30. The number of benzene rings is 1. The predicted octanol–water partition coefficient (Wildman–Crippen LogP) is 2.58. The number of carbonyl (C=O) groups is 2. The van der Waals surface area contributed by atoms with E-state index >= 15 is 0 Å². The van der Waals surface area contributed by atoms with Gasteiger partial charge in [-0.25, -0.2) is 0 Å². The average molecular weight is 330 g/mol. The van der Waals surface area contributed by atoms with Gasteiger partial charge < -0.3 is 14.9 Å². The van der Waals surface area contributed by atoms with Crippen LogP contribution >= 0.6 is 0 Å². The molecular formula is C19H26N2O3. The lowest BCUT2D eigenvalue weighted by Crippen LogP contribution is -2.64. The SMILES string of the molecule is CCCCN1C(=O)c2ccccc2C(C(=O)O)C12CCN(C)CC2. The molecule has 0 radical (unpaired) electrons. The number of hydrogen-bond acceptors (Lipinski definition) is 3. The van der Waals surface area contributed by atoms with Gasteiger partial charge in [-0.1, -0.05) is 31.5 Å². The van der Waals surface area contributed by atoms with Crippen molar-refractivity contribution >= 4 is 11.9 Å². The molecular weight excluding hydrogens is 304 g/mol. The number of aliphatic carboxylic acids is 1. The normalized spacial score (nSPS) is 23.3. The van der Waals surface area contributed by atoms with Crippen molar-refractivity contribution in [2.24, 2.45) is 0 Å². The first-order chi connectivity index (χ1) is 11.5.